The molecular formula is C23H28FN5O. The van der Waals surface area contributed by atoms with Gasteiger partial charge in [0.25, 0.3) is 0 Å². The Hall–Kier alpha value is -2.93. The van der Waals surface area contributed by atoms with Crippen molar-refractivity contribution in [3.63, 3.8) is 0 Å². The lowest BCUT2D eigenvalue weighted by molar-refractivity contribution is -0.121. The highest BCUT2D eigenvalue weighted by Gasteiger charge is 2.20. The summed E-state index contributed by atoms with van der Waals surface area (Å²) in [5.41, 5.74) is 2.62. The molecule has 3 aromatic rings. The number of pyridine rings is 1. The van der Waals surface area contributed by atoms with Crippen LogP contribution in [0.15, 0.2) is 42.6 Å². The Morgan fingerprint density at radius 1 is 1.23 bits per heavy atom. The molecule has 30 heavy (non-hydrogen) atoms. The number of nitrogens with one attached hydrogen (secondary N) is 2. The number of amides is 1. The van der Waals surface area contributed by atoms with Crippen molar-refractivity contribution in [2.45, 2.75) is 26.3 Å². The molecule has 0 bridgehead atoms. The standard InChI is InChI=1S/C23H28FN5O/c1-16(15-28-9-11-29(12-10-28)22-5-3-4-8-25-22)26-23(30)14-19-17(2)27-21-7-6-18(24)13-20(19)21/h3-8,13,16,27H,9-12,14-15H2,1-2H3,(H,26,30). The highest BCUT2D eigenvalue weighted by molar-refractivity contribution is 5.90. The first-order valence-corrected chi connectivity index (χ1v) is 10.4. The van der Waals surface area contributed by atoms with E-state index in [1.807, 2.05) is 38.2 Å². The normalized spacial score (nSPS) is 16.0. The van der Waals surface area contributed by atoms with Crippen molar-refractivity contribution >= 4 is 22.6 Å². The molecule has 1 amide bonds. The minimum atomic E-state index is -0.290. The predicted octanol–water partition coefficient (Wildman–Crippen LogP) is 2.88. The number of hydrogen-bond donors (Lipinski definition) is 2. The highest BCUT2D eigenvalue weighted by Crippen LogP contribution is 2.23. The van der Waals surface area contributed by atoms with Gasteiger partial charge in [-0.15, -0.1) is 0 Å². The predicted molar refractivity (Wildman–Crippen MR) is 117 cm³/mol. The molecule has 1 fully saturated rings. The lowest BCUT2D eigenvalue weighted by Gasteiger charge is -2.36. The van der Waals surface area contributed by atoms with E-state index in [0.29, 0.717) is 0 Å². The van der Waals surface area contributed by atoms with Crippen LogP contribution < -0.4 is 10.2 Å². The Bertz CT molecular complexity index is 1010. The molecule has 1 aliphatic heterocycles. The minimum Gasteiger partial charge on any atom is -0.358 e. The van der Waals surface area contributed by atoms with E-state index >= 15 is 0 Å². The van der Waals surface area contributed by atoms with E-state index in [4.69, 9.17) is 0 Å². The lowest BCUT2D eigenvalue weighted by Crippen LogP contribution is -2.51. The van der Waals surface area contributed by atoms with E-state index in [-0.39, 0.29) is 24.2 Å². The third-order valence-electron chi connectivity index (χ3n) is 5.70. The molecule has 6 nitrogen and oxygen atoms in total. The van der Waals surface area contributed by atoms with Crippen molar-refractivity contribution in [1.82, 2.24) is 20.2 Å². The Balaban J connectivity index is 1.29. The Labute approximate surface area is 176 Å². The topological polar surface area (TPSA) is 64.3 Å². The lowest BCUT2D eigenvalue weighted by atomic mass is 10.1. The summed E-state index contributed by atoms with van der Waals surface area (Å²) < 4.78 is 13.6. The largest absolute Gasteiger partial charge is 0.358 e. The van der Waals surface area contributed by atoms with Gasteiger partial charge in [-0.05, 0) is 49.7 Å². The van der Waals surface area contributed by atoms with Gasteiger partial charge in [0, 0.05) is 61.6 Å². The second-order valence-corrected chi connectivity index (χ2v) is 8.04. The van der Waals surface area contributed by atoms with Crippen LogP contribution in [0.5, 0.6) is 0 Å². The van der Waals surface area contributed by atoms with Gasteiger partial charge in [-0.3, -0.25) is 9.69 Å². The second-order valence-electron chi connectivity index (χ2n) is 8.04. The number of carbonyl (C=O) groups is 1. The molecule has 0 saturated carbocycles. The molecule has 3 heterocycles. The van der Waals surface area contributed by atoms with Gasteiger partial charge in [-0.1, -0.05) is 6.07 Å². The fourth-order valence-corrected chi connectivity index (χ4v) is 4.20. The zero-order valence-electron chi connectivity index (χ0n) is 17.5. The number of rotatable bonds is 6. The molecule has 1 aromatic carbocycles. The van der Waals surface area contributed by atoms with Gasteiger partial charge in [0.2, 0.25) is 5.91 Å². The van der Waals surface area contributed by atoms with Crippen molar-refractivity contribution in [3.05, 3.63) is 59.7 Å². The number of fused-ring (bicyclic) bond motifs is 1. The Morgan fingerprint density at radius 2 is 2.03 bits per heavy atom. The third kappa shape index (κ3) is 4.62. The van der Waals surface area contributed by atoms with Gasteiger partial charge >= 0.3 is 0 Å². The number of halogens is 1. The van der Waals surface area contributed by atoms with Crippen LogP contribution in [0.3, 0.4) is 0 Å². The molecule has 0 spiro atoms. The van der Waals surface area contributed by atoms with Gasteiger partial charge < -0.3 is 15.2 Å². The highest BCUT2D eigenvalue weighted by atomic mass is 19.1. The SMILES string of the molecule is Cc1[nH]c2ccc(F)cc2c1CC(=O)NC(C)CN1CCN(c2ccccn2)CC1. The fraction of sp³-hybridized carbons (Fsp3) is 0.391. The number of carbonyl (C=O) groups excluding carboxylic acids is 1. The minimum absolute atomic E-state index is 0.0390. The van der Waals surface area contributed by atoms with Gasteiger partial charge in [0.1, 0.15) is 11.6 Å². The summed E-state index contributed by atoms with van der Waals surface area (Å²) in [6, 6.07) is 10.7. The number of aryl methyl sites for hydroxylation is 1. The van der Waals surface area contributed by atoms with Crippen molar-refractivity contribution in [3.8, 4) is 0 Å². The maximum atomic E-state index is 13.6. The van der Waals surface area contributed by atoms with E-state index in [2.05, 4.69) is 25.1 Å². The van der Waals surface area contributed by atoms with Crippen LogP contribution in [0.25, 0.3) is 10.9 Å². The van der Waals surface area contributed by atoms with Crippen molar-refractivity contribution in [1.29, 1.82) is 0 Å². The van der Waals surface area contributed by atoms with Gasteiger partial charge in [-0.25, -0.2) is 9.37 Å². The molecule has 7 heteroatoms. The maximum Gasteiger partial charge on any atom is 0.224 e. The molecule has 1 unspecified atom stereocenters. The molecule has 4 rings (SSSR count). The number of aromatic amines is 1. The summed E-state index contributed by atoms with van der Waals surface area (Å²) in [5.74, 6) is 0.688. The molecule has 0 aliphatic carbocycles. The van der Waals surface area contributed by atoms with Crippen LogP contribution in [0, 0.1) is 12.7 Å². The Morgan fingerprint density at radius 3 is 2.77 bits per heavy atom. The number of piperazine rings is 1. The number of H-pyrrole nitrogens is 1. The fourth-order valence-electron chi connectivity index (χ4n) is 4.20. The first-order valence-electron chi connectivity index (χ1n) is 10.4. The van der Waals surface area contributed by atoms with Crippen molar-refractivity contribution < 1.29 is 9.18 Å². The zero-order valence-corrected chi connectivity index (χ0v) is 17.5. The van der Waals surface area contributed by atoms with Crippen molar-refractivity contribution in [2.75, 3.05) is 37.6 Å². The van der Waals surface area contributed by atoms with Crippen LogP contribution >= 0.6 is 0 Å². The molecule has 1 saturated heterocycles. The summed E-state index contributed by atoms with van der Waals surface area (Å²) in [4.78, 5) is 24.9. The van der Waals surface area contributed by atoms with Crippen LogP contribution in [0.2, 0.25) is 0 Å². The van der Waals surface area contributed by atoms with Crippen LogP contribution in [0.4, 0.5) is 10.2 Å². The number of nitrogens with zero attached hydrogens (tertiary/aromatic N) is 3. The van der Waals surface area contributed by atoms with Crippen LogP contribution in [0.1, 0.15) is 18.2 Å². The monoisotopic (exact) mass is 409 g/mol. The molecule has 1 aliphatic rings. The van der Waals surface area contributed by atoms with E-state index < -0.39 is 0 Å². The van der Waals surface area contributed by atoms with E-state index in [1.54, 1.807) is 6.07 Å². The molecular weight excluding hydrogens is 381 g/mol. The maximum absolute atomic E-state index is 13.6. The average Bonchev–Trinajstić information content (AvgIpc) is 3.03. The first-order chi connectivity index (χ1) is 14.5. The molecule has 158 valence electrons. The summed E-state index contributed by atoms with van der Waals surface area (Å²) in [6.45, 7) is 8.50. The van der Waals surface area contributed by atoms with E-state index in [9.17, 15) is 9.18 Å². The summed E-state index contributed by atoms with van der Waals surface area (Å²) >= 11 is 0. The quantitative estimate of drug-likeness (QED) is 0.657. The van der Waals surface area contributed by atoms with Crippen LogP contribution in [-0.4, -0.2) is 59.5 Å². The molecule has 0 radical (unpaired) electrons. The zero-order chi connectivity index (χ0) is 21.1. The van der Waals surface area contributed by atoms with Gasteiger partial charge in [-0.2, -0.15) is 0 Å². The number of anilines is 1. The first kappa shape index (κ1) is 20.3. The van der Waals surface area contributed by atoms with Gasteiger partial charge in [0.15, 0.2) is 0 Å². The molecule has 2 N–H and O–H groups in total. The second kappa shape index (κ2) is 8.83. The summed E-state index contributed by atoms with van der Waals surface area (Å²) in [5, 5.41) is 3.88. The number of hydrogen-bond acceptors (Lipinski definition) is 4. The number of benzene rings is 1. The van der Waals surface area contributed by atoms with Crippen molar-refractivity contribution in [2.24, 2.45) is 0 Å². The van der Waals surface area contributed by atoms with Crippen LogP contribution in [-0.2, 0) is 11.2 Å². The average molecular weight is 410 g/mol. The van der Waals surface area contributed by atoms with E-state index in [1.165, 1.54) is 12.1 Å². The Kier molecular flexibility index (Phi) is 5.99. The molecule has 1 atom stereocenters. The van der Waals surface area contributed by atoms with E-state index in [0.717, 1.165) is 60.7 Å². The van der Waals surface area contributed by atoms with Gasteiger partial charge in [0.05, 0.1) is 6.42 Å². The number of aromatic nitrogens is 2. The summed E-state index contributed by atoms with van der Waals surface area (Å²) in [7, 11) is 0. The third-order valence-corrected chi connectivity index (χ3v) is 5.70. The molecule has 2 aromatic heterocycles. The smallest absolute Gasteiger partial charge is 0.224 e. The summed E-state index contributed by atoms with van der Waals surface area (Å²) in [6.07, 6.45) is 2.07.